The molecule has 4 heteroatoms. The number of carbonyl (C=O) groups excluding carboxylic acids is 1. The van der Waals surface area contributed by atoms with Crippen LogP contribution in [0, 0.1) is 17.8 Å². The Hall–Kier alpha value is -1.06. The number of aliphatic carboxylic acids is 1. The predicted octanol–water partition coefficient (Wildman–Crippen LogP) is 1.44. The van der Waals surface area contributed by atoms with Crippen molar-refractivity contribution in [3.05, 3.63) is 0 Å². The van der Waals surface area contributed by atoms with Crippen LogP contribution in [0.2, 0.25) is 0 Å². The zero-order chi connectivity index (χ0) is 11.2. The number of rotatable bonds is 2. The zero-order valence-corrected chi connectivity index (χ0v) is 9.03. The standard InChI is InChI=1S/C11H16O4/c1-6(2)11-4-3-7(9(12)13)8(5-11)10(14)15-11/h6-8H,3-5H2,1-2H3,(H,12,13)/t7-,8-,11-/m1/s1. The van der Waals surface area contributed by atoms with Gasteiger partial charge in [0.1, 0.15) is 5.60 Å². The first-order valence-electron chi connectivity index (χ1n) is 5.42. The second kappa shape index (κ2) is 3.22. The van der Waals surface area contributed by atoms with E-state index in [1.807, 2.05) is 13.8 Å². The summed E-state index contributed by atoms with van der Waals surface area (Å²) in [5.74, 6) is -1.86. The quantitative estimate of drug-likeness (QED) is 0.703. The Bertz CT molecular complexity index is 310. The minimum absolute atomic E-state index is 0.265. The van der Waals surface area contributed by atoms with Gasteiger partial charge in [0, 0.05) is 6.42 Å². The van der Waals surface area contributed by atoms with Crippen molar-refractivity contribution < 1.29 is 19.4 Å². The average molecular weight is 212 g/mol. The maximum Gasteiger partial charge on any atom is 0.310 e. The Kier molecular flexibility index (Phi) is 2.24. The molecular weight excluding hydrogens is 196 g/mol. The third kappa shape index (κ3) is 1.43. The van der Waals surface area contributed by atoms with Crippen molar-refractivity contribution in [2.24, 2.45) is 17.8 Å². The van der Waals surface area contributed by atoms with E-state index in [1.165, 1.54) is 0 Å². The molecule has 1 aliphatic carbocycles. The summed E-state index contributed by atoms with van der Waals surface area (Å²) in [7, 11) is 0. The van der Waals surface area contributed by atoms with Crippen LogP contribution in [0.25, 0.3) is 0 Å². The molecule has 1 saturated heterocycles. The number of hydrogen-bond acceptors (Lipinski definition) is 3. The van der Waals surface area contributed by atoms with Gasteiger partial charge in [-0.3, -0.25) is 9.59 Å². The van der Waals surface area contributed by atoms with Gasteiger partial charge in [0.15, 0.2) is 0 Å². The summed E-state index contributed by atoms with van der Waals surface area (Å²) >= 11 is 0. The van der Waals surface area contributed by atoms with Gasteiger partial charge in [-0.15, -0.1) is 0 Å². The van der Waals surface area contributed by atoms with Gasteiger partial charge in [0.05, 0.1) is 11.8 Å². The fourth-order valence-electron chi connectivity index (χ4n) is 2.77. The predicted molar refractivity (Wildman–Crippen MR) is 52.1 cm³/mol. The van der Waals surface area contributed by atoms with Crippen molar-refractivity contribution >= 4 is 11.9 Å². The maximum absolute atomic E-state index is 11.6. The molecule has 3 atom stereocenters. The molecule has 1 saturated carbocycles. The lowest BCUT2D eigenvalue weighted by molar-refractivity contribution is -0.154. The first kappa shape index (κ1) is 10.5. The lowest BCUT2D eigenvalue weighted by Crippen LogP contribution is -2.39. The van der Waals surface area contributed by atoms with Gasteiger partial charge >= 0.3 is 11.9 Å². The van der Waals surface area contributed by atoms with Crippen LogP contribution in [0.3, 0.4) is 0 Å². The van der Waals surface area contributed by atoms with Crippen LogP contribution in [0.1, 0.15) is 33.1 Å². The second-order valence-corrected chi connectivity index (χ2v) is 4.93. The molecule has 2 aliphatic rings. The lowest BCUT2D eigenvalue weighted by atomic mass is 9.70. The van der Waals surface area contributed by atoms with Crippen molar-refractivity contribution in [1.82, 2.24) is 0 Å². The molecule has 1 N–H and O–H groups in total. The van der Waals surface area contributed by atoms with E-state index in [0.717, 1.165) is 0 Å². The first-order valence-corrected chi connectivity index (χ1v) is 5.42. The van der Waals surface area contributed by atoms with E-state index in [-0.39, 0.29) is 17.5 Å². The Labute approximate surface area is 88.6 Å². The fraction of sp³-hybridized carbons (Fsp3) is 0.818. The molecule has 0 unspecified atom stereocenters. The van der Waals surface area contributed by atoms with E-state index in [2.05, 4.69) is 0 Å². The monoisotopic (exact) mass is 212 g/mol. The van der Waals surface area contributed by atoms with E-state index < -0.39 is 17.8 Å². The molecular formula is C11H16O4. The lowest BCUT2D eigenvalue weighted by Gasteiger charge is -2.35. The van der Waals surface area contributed by atoms with Crippen LogP contribution >= 0.6 is 0 Å². The summed E-state index contributed by atoms with van der Waals surface area (Å²) in [6.45, 7) is 4.05. The van der Waals surface area contributed by atoms with Gasteiger partial charge in [-0.2, -0.15) is 0 Å². The number of carboxylic acids is 1. The highest BCUT2D eigenvalue weighted by atomic mass is 16.6. The van der Waals surface area contributed by atoms with E-state index in [0.29, 0.717) is 19.3 Å². The highest BCUT2D eigenvalue weighted by Gasteiger charge is 2.56. The van der Waals surface area contributed by atoms with Crippen LogP contribution in [0.4, 0.5) is 0 Å². The number of carboxylic acid groups (broad SMARTS) is 1. The van der Waals surface area contributed by atoms with Crippen LogP contribution < -0.4 is 0 Å². The van der Waals surface area contributed by atoms with Crippen LogP contribution in [-0.4, -0.2) is 22.6 Å². The van der Waals surface area contributed by atoms with Gasteiger partial charge in [-0.25, -0.2) is 0 Å². The topological polar surface area (TPSA) is 63.6 Å². The normalized spacial score (nSPS) is 39.3. The SMILES string of the molecule is CC(C)[C@@]12CC[C@@H](C(=O)O)[C@@H](C1)C(=O)O2. The van der Waals surface area contributed by atoms with Crippen molar-refractivity contribution in [3.63, 3.8) is 0 Å². The summed E-state index contributed by atoms with van der Waals surface area (Å²) < 4.78 is 5.41. The van der Waals surface area contributed by atoms with Crippen LogP contribution in [0.15, 0.2) is 0 Å². The first-order chi connectivity index (χ1) is 6.96. The summed E-state index contributed by atoms with van der Waals surface area (Å²) in [6, 6.07) is 0. The Morgan fingerprint density at radius 2 is 2.27 bits per heavy atom. The Balaban J connectivity index is 2.24. The molecule has 2 fully saturated rings. The number of esters is 1. The smallest absolute Gasteiger partial charge is 0.310 e. The van der Waals surface area contributed by atoms with E-state index in [9.17, 15) is 9.59 Å². The zero-order valence-electron chi connectivity index (χ0n) is 9.03. The van der Waals surface area contributed by atoms with Gasteiger partial charge in [-0.1, -0.05) is 13.8 Å². The third-order valence-electron chi connectivity index (χ3n) is 3.91. The fourth-order valence-corrected chi connectivity index (χ4v) is 2.77. The largest absolute Gasteiger partial charge is 0.481 e. The molecule has 2 rings (SSSR count). The van der Waals surface area contributed by atoms with Crippen molar-refractivity contribution in [3.8, 4) is 0 Å². The van der Waals surface area contributed by atoms with E-state index in [4.69, 9.17) is 9.84 Å². The average Bonchev–Trinajstić information content (AvgIpc) is 2.40. The van der Waals surface area contributed by atoms with Crippen molar-refractivity contribution in [2.75, 3.05) is 0 Å². The van der Waals surface area contributed by atoms with Crippen LogP contribution in [0.5, 0.6) is 0 Å². The molecule has 0 radical (unpaired) electrons. The van der Waals surface area contributed by atoms with Gasteiger partial charge in [0.25, 0.3) is 0 Å². The Morgan fingerprint density at radius 3 is 2.80 bits per heavy atom. The summed E-state index contributed by atoms with van der Waals surface area (Å²) in [5, 5.41) is 8.99. The van der Waals surface area contributed by atoms with Gasteiger partial charge < -0.3 is 9.84 Å². The highest BCUT2D eigenvalue weighted by Crippen LogP contribution is 2.49. The molecule has 0 aromatic heterocycles. The minimum Gasteiger partial charge on any atom is -0.481 e. The maximum atomic E-state index is 11.6. The van der Waals surface area contributed by atoms with Gasteiger partial charge in [-0.05, 0) is 18.8 Å². The molecule has 1 aliphatic heterocycles. The third-order valence-corrected chi connectivity index (χ3v) is 3.91. The molecule has 0 spiro atoms. The molecule has 0 aromatic carbocycles. The molecule has 1 heterocycles. The molecule has 84 valence electrons. The molecule has 4 nitrogen and oxygen atoms in total. The van der Waals surface area contributed by atoms with Crippen molar-refractivity contribution in [2.45, 2.75) is 38.7 Å². The summed E-state index contributed by atoms with van der Waals surface area (Å²) in [4.78, 5) is 22.5. The van der Waals surface area contributed by atoms with Crippen LogP contribution in [-0.2, 0) is 14.3 Å². The number of hydrogen-bond donors (Lipinski definition) is 1. The number of fused-ring (bicyclic) bond motifs is 2. The van der Waals surface area contributed by atoms with E-state index >= 15 is 0 Å². The molecule has 15 heavy (non-hydrogen) atoms. The van der Waals surface area contributed by atoms with Gasteiger partial charge in [0.2, 0.25) is 0 Å². The number of ether oxygens (including phenoxy) is 1. The molecule has 0 amide bonds. The minimum atomic E-state index is -0.865. The highest BCUT2D eigenvalue weighted by molar-refractivity contribution is 5.83. The molecule has 2 bridgehead atoms. The number of carbonyl (C=O) groups is 2. The second-order valence-electron chi connectivity index (χ2n) is 4.93. The molecule has 0 aromatic rings. The summed E-state index contributed by atoms with van der Waals surface area (Å²) in [6.07, 6.45) is 1.83. The summed E-state index contributed by atoms with van der Waals surface area (Å²) in [5.41, 5.74) is -0.381. The van der Waals surface area contributed by atoms with E-state index in [1.54, 1.807) is 0 Å². The Morgan fingerprint density at radius 1 is 1.60 bits per heavy atom. The van der Waals surface area contributed by atoms with Crippen molar-refractivity contribution in [1.29, 1.82) is 0 Å².